The number of carbonyl (C=O) groups is 1. The highest BCUT2D eigenvalue weighted by Gasteiger charge is 2.03. The van der Waals surface area contributed by atoms with E-state index in [9.17, 15) is 9.00 Å². The number of nitrogens with one attached hydrogen (secondary N) is 1. The van der Waals surface area contributed by atoms with Gasteiger partial charge in [-0.2, -0.15) is 0 Å². The van der Waals surface area contributed by atoms with Crippen molar-refractivity contribution in [2.45, 2.75) is 12.8 Å². The fourth-order valence-corrected chi connectivity index (χ4v) is 1.32. The zero-order valence-electron chi connectivity index (χ0n) is 8.02. The van der Waals surface area contributed by atoms with Gasteiger partial charge in [-0.05, 0) is 6.42 Å². The first-order valence-electron chi connectivity index (χ1n) is 4.09. The van der Waals surface area contributed by atoms with Crippen molar-refractivity contribution in [3.63, 3.8) is 0 Å². The van der Waals surface area contributed by atoms with Crippen LogP contribution in [0.2, 0.25) is 0 Å². The molecule has 0 aromatic rings. The normalized spacial score (nSPS) is 13.6. The number of nitrogens with two attached hydrogens (primary N) is 1. The Balaban J connectivity index is 3.50. The van der Waals surface area contributed by atoms with Crippen molar-refractivity contribution >= 4 is 22.5 Å². The number of nitrogens with zero attached hydrogens (tertiary/aromatic N) is 1. The van der Waals surface area contributed by atoms with Gasteiger partial charge in [0.2, 0.25) is 5.91 Å². The fourth-order valence-electron chi connectivity index (χ4n) is 0.766. The molecule has 0 spiro atoms. The van der Waals surface area contributed by atoms with Gasteiger partial charge in [-0.15, -0.1) is 0 Å². The molecule has 1 unspecified atom stereocenters. The molecule has 0 saturated heterocycles. The molecule has 0 aliphatic carbocycles. The molecule has 0 aromatic heterocycles. The maximum absolute atomic E-state index is 11.0. The van der Waals surface area contributed by atoms with Crippen molar-refractivity contribution in [2.24, 2.45) is 10.9 Å². The number of carbonyl (C=O) groups excluding carboxylic acids is 1. The zero-order valence-corrected chi connectivity index (χ0v) is 8.84. The monoisotopic (exact) mass is 221 g/mol. The maximum Gasteiger partial charge on any atom is 0.227 e. The first-order valence-corrected chi connectivity index (χ1v) is 5.82. The van der Waals surface area contributed by atoms with E-state index >= 15 is 0 Å². The minimum absolute atomic E-state index is 0.119. The highest BCUT2D eigenvalue weighted by atomic mass is 32.2. The van der Waals surface area contributed by atoms with E-state index in [0.717, 1.165) is 0 Å². The molecule has 0 radical (unpaired) electrons. The molecule has 0 heterocycles. The SMILES string of the molecule is CS(=O)CCCNC(=O)CC(N)=NO. The molecule has 0 aliphatic rings. The summed E-state index contributed by atoms with van der Waals surface area (Å²) in [5, 5.41) is 13.4. The van der Waals surface area contributed by atoms with Gasteiger partial charge in [-0.1, -0.05) is 5.16 Å². The smallest absolute Gasteiger partial charge is 0.227 e. The molecule has 82 valence electrons. The lowest BCUT2D eigenvalue weighted by atomic mass is 10.3. The fraction of sp³-hybridized carbons (Fsp3) is 0.714. The number of amides is 1. The summed E-state index contributed by atoms with van der Waals surface area (Å²) in [4.78, 5) is 11.0. The van der Waals surface area contributed by atoms with Crippen LogP contribution in [0.15, 0.2) is 5.16 Å². The van der Waals surface area contributed by atoms with Crippen LogP contribution in [0.3, 0.4) is 0 Å². The van der Waals surface area contributed by atoms with E-state index in [1.165, 1.54) is 0 Å². The minimum Gasteiger partial charge on any atom is -0.409 e. The van der Waals surface area contributed by atoms with Gasteiger partial charge in [0, 0.05) is 29.4 Å². The van der Waals surface area contributed by atoms with E-state index in [0.29, 0.717) is 18.7 Å². The van der Waals surface area contributed by atoms with Crippen molar-refractivity contribution < 1.29 is 14.2 Å². The lowest BCUT2D eigenvalue weighted by Gasteiger charge is -2.02. The van der Waals surface area contributed by atoms with Gasteiger partial charge < -0.3 is 16.3 Å². The van der Waals surface area contributed by atoms with Crippen LogP contribution in [0.4, 0.5) is 0 Å². The van der Waals surface area contributed by atoms with E-state index in [4.69, 9.17) is 10.9 Å². The second kappa shape index (κ2) is 7.31. The summed E-state index contributed by atoms with van der Waals surface area (Å²) in [6.07, 6.45) is 2.15. The minimum atomic E-state index is -0.832. The first-order chi connectivity index (χ1) is 6.56. The van der Waals surface area contributed by atoms with Gasteiger partial charge >= 0.3 is 0 Å². The lowest BCUT2D eigenvalue weighted by molar-refractivity contribution is -0.119. The molecule has 4 N–H and O–H groups in total. The third-order valence-corrected chi connectivity index (χ3v) is 2.26. The second-order valence-corrected chi connectivity index (χ2v) is 4.30. The van der Waals surface area contributed by atoms with Crippen LogP contribution in [-0.2, 0) is 15.6 Å². The summed E-state index contributed by atoms with van der Waals surface area (Å²) in [6.45, 7) is 0.455. The molecule has 0 fully saturated rings. The first kappa shape index (κ1) is 12.9. The number of amidine groups is 1. The molecular weight excluding hydrogens is 206 g/mol. The number of hydrogen-bond donors (Lipinski definition) is 3. The summed E-state index contributed by atoms with van der Waals surface area (Å²) in [6, 6.07) is 0. The third-order valence-electron chi connectivity index (χ3n) is 1.40. The highest BCUT2D eigenvalue weighted by Crippen LogP contribution is 1.84. The molecule has 0 aliphatic heterocycles. The van der Waals surface area contributed by atoms with E-state index in [-0.39, 0.29) is 18.2 Å². The number of oxime groups is 1. The van der Waals surface area contributed by atoms with Gasteiger partial charge in [0.25, 0.3) is 0 Å². The van der Waals surface area contributed by atoms with Crippen molar-refractivity contribution in [2.75, 3.05) is 18.6 Å². The van der Waals surface area contributed by atoms with Gasteiger partial charge in [0.05, 0.1) is 6.42 Å². The zero-order chi connectivity index (χ0) is 11.0. The van der Waals surface area contributed by atoms with Crippen LogP contribution >= 0.6 is 0 Å². The van der Waals surface area contributed by atoms with Crippen LogP contribution in [0.25, 0.3) is 0 Å². The third kappa shape index (κ3) is 7.53. The largest absolute Gasteiger partial charge is 0.409 e. The summed E-state index contributed by atoms with van der Waals surface area (Å²) in [5.41, 5.74) is 5.12. The van der Waals surface area contributed by atoms with Crippen LogP contribution in [0.1, 0.15) is 12.8 Å². The molecule has 0 saturated carbocycles. The number of rotatable bonds is 6. The molecule has 1 amide bonds. The molecule has 7 heteroatoms. The predicted molar refractivity (Wildman–Crippen MR) is 54.6 cm³/mol. The van der Waals surface area contributed by atoms with Crippen molar-refractivity contribution in [3.8, 4) is 0 Å². The Hall–Kier alpha value is -1.11. The average Bonchev–Trinajstić information content (AvgIpc) is 2.12. The van der Waals surface area contributed by atoms with E-state index < -0.39 is 10.8 Å². The summed E-state index contributed by atoms with van der Waals surface area (Å²) < 4.78 is 10.6. The van der Waals surface area contributed by atoms with Gasteiger partial charge in [0.15, 0.2) is 0 Å². The summed E-state index contributed by atoms with van der Waals surface area (Å²) in [7, 11) is -0.832. The van der Waals surface area contributed by atoms with Gasteiger partial charge in [-0.25, -0.2) is 0 Å². The Morgan fingerprint density at radius 1 is 1.64 bits per heavy atom. The lowest BCUT2D eigenvalue weighted by Crippen LogP contribution is -2.29. The molecule has 6 nitrogen and oxygen atoms in total. The van der Waals surface area contributed by atoms with Crippen molar-refractivity contribution in [3.05, 3.63) is 0 Å². The number of hydrogen-bond acceptors (Lipinski definition) is 4. The van der Waals surface area contributed by atoms with Crippen LogP contribution in [0.5, 0.6) is 0 Å². The summed E-state index contributed by atoms with van der Waals surface area (Å²) >= 11 is 0. The molecule has 0 bridgehead atoms. The topological polar surface area (TPSA) is 105 Å². The van der Waals surface area contributed by atoms with Crippen LogP contribution in [0, 0.1) is 0 Å². The Labute approximate surface area is 85.0 Å². The molecule has 1 atom stereocenters. The van der Waals surface area contributed by atoms with E-state index in [1.807, 2.05) is 0 Å². The molecular formula is C7H15N3O3S. The highest BCUT2D eigenvalue weighted by molar-refractivity contribution is 7.84. The van der Waals surface area contributed by atoms with Crippen molar-refractivity contribution in [1.29, 1.82) is 0 Å². The van der Waals surface area contributed by atoms with Gasteiger partial charge in [0.1, 0.15) is 5.84 Å². The Kier molecular flexibility index (Phi) is 6.73. The standard InChI is InChI=1S/C7H15N3O3S/c1-14(13)4-2-3-9-7(11)5-6(8)10-12/h12H,2-5H2,1H3,(H2,8,10)(H,9,11). The van der Waals surface area contributed by atoms with Gasteiger partial charge in [-0.3, -0.25) is 9.00 Å². The Morgan fingerprint density at radius 2 is 2.29 bits per heavy atom. The molecule has 0 rings (SSSR count). The van der Waals surface area contributed by atoms with Crippen molar-refractivity contribution in [1.82, 2.24) is 5.32 Å². The van der Waals surface area contributed by atoms with Crippen LogP contribution in [-0.4, -0.2) is 39.7 Å². The maximum atomic E-state index is 11.0. The molecule has 0 aromatic carbocycles. The average molecular weight is 221 g/mol. The van der Waals surface area contributed by atoms with Crippen LogP contribution < -0.4 is 11.1 Å². The van der Waals surface area contributed by atoms with E-state index in [1.54, 1.807) is 6.26 Å². The molecule has 14 heavy (non-hydrogen) atoms. The predicted octanol–water partition coefficient (Wildman–Crippen LogP) is -0.992. The Morgan fingerprint density at radius 3 is 2.79 bits per heavy atom. The van der Waals surface area contributed by atoms with E-state index in [2.05, 4.69) is 10.5 Å². The quantitative estimate of drug-likeness (QED) is 0.176. The summed E-state index contributed by atoms with van der Waals surface area (Å²) in [5.74, 6) is 0.132. The Bertz CT molecular complexity index is 242. The second-order valence-electron chi connectivity index (χ2n) is 2.75.